The number of benzene rings is 2. The number of para-hydroxylation sites is 1. The summed E-state index contributed by atoms with van der Waals surface area (Å²) < 4.78 is 12.2. The van der Waals surface area contributed by atoms with E-state index in [4.69, 9.17) is 9.47 Å². The standard InChI is InChI=1S/C16H17N5O2/c1-22-14-9-8-12(10-15(14)23-2)11-17-16-18-19-20-21(16)13-6-4-3-5-7-13/h3-10H,11H2,1-2H3,(H,17,18,20). The lowest BCUT2D eigenvalue weighted by atomic mass is 10.2. The molecule has 7 heteroatoms. The second-order valence-corrected chi connectivity index (χ2v) is 4.79. The van der Waals surface area contributed by atoms with Crippen molar-refractivity contribution in [2.75, 3.05) is 19.5 Å². The van der Waals surface area contributed by atoms with Crippen LogP contribution < -0.4 is 14.8 Å². The molecule has 1 N–H and O–H groups in total. The molecule has 0 bridgehead atoms. The number of tetrazole rings is 1. The van der Waals surface area contributed by atoms with Crippen LogP contribution in [0.25, 0.3) is 5.69 Å². The minimum absolute atomic E-state index is 0.563. The fourth-order valence-corrected chi connectivity index (χ4v) is 2.21. The predicted octanol–water partition coefficient (Wildman–Crippen LogP) is 2.29. The highest BCUT2D eigenvalue weighted by atomic mass is 16.5. The van der Waals surface area contributed by atoms with Crippen molar-refractivity contribution in [3.8, 4) is 17.2 Å². The second kappa shape index (κ2) is 6.78. The molecule has 3 aromatic rings. The zero-order valence-corrected chi connectivity index (χ0v) is 12.9. The molecular weight excluding hydrogens is 294 g/mol. The van der Waals surface area contributed by atoms with Crippen molar-refractivity contribution in [3.05, 3.63) is 54.1 Å². The van der Waals surface area contributed by atoms with Gasteiger partial charge in [0.05, 0.1) is 19.9 Å². The van der Waals surface area contributed by atoms with Crippen LogP contribution in [0.5, 0.6) is 11.5 Å². The molecule has 2 aromatic carbocycles. The SMILES string of the molecule is COc1ccc(CNc2nnnn2-c2ccccc2)cc1OC. The molecule has 0 fully saturated rings. The van der Waals surface area contributed by atoms with Gasteiger partial charge in [0.2, 0.25) is 5.95 Å². The van der Waals surface area contributed by atoms with Crippen molar-refractivity contribution < 1.29 is 9.47 Å². The van der Waals surface area contributed by atoms with Gasteiger partial charge in [0.15, 0.2) is 11.5 Å². The monoisotopic (exact) mass is 311 g/mol. The first-order valence-electron chi connectivity index (χ1n) is 7.10. The molecule has 118 valence electrons. The maximum Gasteiger partial charge on any atom is 0.248 e. The normalized spacial score (nSPS) is 10.3. The quantitative estimate of drug-likeness (QED) is 0.753. The van der Waals surface area contributed by atoms with Gasteiger partial charge < -0.3 is 14.8 Å². The number of anilines is 1. The molecule has 0 saturated carbocycles. The van der Waals surface area contributed by atoms with E-state index in [0.717, 1.165) is 11.3 Å². The smallest absolute Gasteiger partial charge is 0.248 e. The Hall–Kier alpha value is -3.09. The van der Waals surface area contributed by atoms with E-state index in [-0.39, 0.29) is 0 Å². The number of nitrogens with zero attached hydrogens (tertiary/aromatic N) is 4. The zero-order valence-electron chi connectivity index (χ0n) is 12.9. The maximum atomic E-state index is 5.31. The van der Waals surface area contributed by atoms with Crippen LogP contribution in [0.3, 0.4) is 0 Å². The summed E-state index contributed by atoms with van der Waals surface area (Å²) in [6.45, 7) is 0.563. The highest BCUT2D eigenvalue weighted by molar-refractivity contribution is 5.44. The fourth-order valence-electron chi connectivity index (χ4n) is 2.21. The lowest BCUT2D eigenvalue weighted by Crippen LogP contribution is -2.07. The van der Waals surface area contributed by atoms with Crippen molar-refractivity contribution in [1.29, 1.82) is 0 Å². The number of aromatic nitrogens is 4. The molecule has 0 spiro atoms. The van der Waals surface area contributed by atoms with Gasteiger partial charge in [0.25, 0.3) is 0 Å². The summed E-state index contributed by atoms with van der Waals surface area (Å²) >= 11 is 0. The Morgan fingerprint density at radius 1 is 1.00 bits per heavy atom. The van der Waals surface area contributed by atoms with E-state index in [0.29, 0.717) is 24.0 Å². The van der Waals surface area contributed by atoms with E-state index in [1.54, 1.807) is 18.9 Å². The molecule has 1 heterocycles. The summed E-state index contributed by atoms with van der Waals surface area (Å²) in [4.78, 5) is 0. The first-order chi connectivity index (χ1) is 11.3. The number of hydrogen-bond donors (Lipinski definition) is 1. The number of rotatable bonds is 6. The zero-order chi connectivity index (χ0) is 16.1. The average Bonchev–Trinajstić information content (AvgIpc) is 3.09. The summed E-state index contributed by atoms with van der Waals surface area (Å²) in [5.41, 5.74) is 1.93. The number of methoxy groups -OCH3 is 2. The predicted molar refractivity (Wildman–Crippen MR) is 86.0 cm³/mol. The van der Waals surface area contributed by atoms with Crippen molar-refractivity contribution in [2.24, 2.45) is 0 Å². The first-order valence-corrected chi connectivity index (χ1v) is 7.10. The van der Waals surface area contributed by atoms with Crippen LogP contribution in [0.1, 0.15) is 5.56 Å². The van der Waals surface area contributed by atoms with Gasteiger partial charge in [-0.2, -0.15) is 4.68 Å². The van der Waals surface area contributed by atoms with Crippen molar-refractivity contribution in [3.63, 3.8) is 0 Å². The number of hydrogen-bond acceptors (Lipinski definition) is 6. The van der Waals surface area contributed by atoms with E-state index < -0.39 is 0 Å². The highest BCUT2D eigenvalue weighted by Crippen LogP contribution is 2.27. The minimum Gasteiger partial charge on any atom is -0.493 e. The lowest BCUT2D eigenvalue weighted by Gasteiger charge is -2.10. The third-order valence-corrected chi connectivity index (χ3v) is 3.37. The van der Waals surface area contributed by atoms with Crippen LogP contribution in [0.15, 0.2) is 48.5 Å². The molecule has 1 aromatic heterocycles. The van der Waals surface area contributed by atoms with Crippen molar-refractivity contribution >= 4 is 5.95 Å². The first kappa shape index (κ1) is 14.8. The average molecular weight is 311 g/mol. The van der Waals surface area contributed by atoms with Crippen LogP contribution in [-0.2, 0) is 6.54 Å². The molecular formula is C16H17N5O2. The lowest BCUT2D eigenvalue weighted by molar-refractivity contribution is 0.354. The molecule has 0 amide bonds. The molecule has 0 aliphatic carbocycles. The molecule has 0 atom stereocenters. The molecule has 0 unspecified atom stereocenters. The molecule has 3 rings (SSSR count). The van der Waals surface area contributed by atoms with Crippen LogP contribution in [0.4, 0.5) is 5.95 Å². The van der Waals surface area contributed by atoms with E-state index in [1.165, 1.54) is 0 Å². The van der Waals surface area contributed by atoms with Gasteiger partial charge in [-0.05, 0) is 40.3 Å². The fraction of sp³-hybridized carbons (Fsp3) is 0.188. The summed E-state index contributed by atoms with van der Waals surface area (Å²) in [5, 5.41) is 15.0. The Morgan fingerprint density at radius 3 is 2.52 bits per heavy atom. The summed E-state index contributed by atoms with van der Waals surface area (Å²) in [5.74, 6) is 1.96. The van der Waals surface area contributed by atoms with Gasteiger partial charge in [-0.1, -0.05) is 29.4 Å². The molecule has 0 aliphatic heterocycles. The highest BCUT2D eigenvalue weighted by Gasteiger charge is 2.09. The van der Waals surface area contributed by atoms with Crippen LogP contribution in [0, 0.1) is 0 Å². The molecule has 0 saturated heterocycles. The van der Waals surface area contributed by atoms with Gasteiger partial charge in [-0.3, -0.25) is 0 Å². The summed E-state index contributed by atoms with van der Waals surface area (Å²) in [6, 6.07) is 15.5. The van der Waals surface area contributed by atoms with Crippen LogP contribution in [0.2, 0.25) is 0 Å². The number of nitrogens with one attached hydrogen (secondary N) is 1. The summed E-state index contributed by atoms with van der Waals surface area (Å²) in [7, 11) is 3.23. The Bertz CT molecular complexity index is 773. The maximum absolute atomic E-state index is 5.31. The van der Waals surface area contributed by atoms with Crippen LogP contribution in [-0.4, -0.2) is 34.4 Å². The van der Waals surface area contributed by atoms with Gasteiger partial charge in [-0.25, -0.2) is 0 Å². The molecule has 7 nitrogen and oxygen atoms in total. The van der Waals surface area contributed by atoms with Gasteiger partial charge in [-0.15, -0.1) is 0 Å². The van der Waals surface area contributed by atoms with E-state index in [9.17, 15) is 0 Å². The van der Waals surface area contributed by atoms with E-state index in [1.807, 2.05) is 48.5 Å². The second-order valence-electron chi connectivity index (χ2n) is 4.79. The van der Waals surface area contributed by atoms with E-state index in [2.05, 4.69) is 20.8 Å². The van der Waals surface area contributed by atoms with Gasteiger partial charge in [0, 0.05) is 6.54 Å². The number of ether oxygens (including phenoxy) is 2. The molecule has 23 heavy (non-hydrogen) atoms. The molecule has 0 radical (unpaired) electrons. The minimum atomic E-state index is 0.563. The third kappa shape index (κ3) is 3.23. The van der Waals surface area contributed by atoms with Crippen LogP contribution >= 0.6 is 0 Å². The van der Waals surface area contributed by atoms with Crippen molar-refractivity contribution in [2.45, 2.75) is 6.54 Å². The van der Waals surface area contributed by atoms with Gasteiger partial charge >= 0.3 is 0 Å². The largest absolute Gasteiger partial charge is 0.493 e. The van der Waals surface area contributed by atoms with E-state index >= 15 is 0 Å². The topological polar surface area (TPSA) is 74.1 Å². The molecule has 0 aliphatic rings. The Balaban J connectivity index is 1.76. The Morgan fingerprint density at radius 2 is 1.78 bits per heavy atom. The summed E-state index contributed by atoms with van der Waals surface area (Å²) in [6.07, 6.45) is 0. The third-order valence-electron chi connectivity index (χ3n) is 3.37. The van der Waals surface area contributed by atoms with Crippen molar-refractivity contribution in [1.82, 2.24) is 20.2 Å². The Labute approximate surface area is 133 Å². The Kier molecular flexibility index (Phi) is 4.37. The van der Waals surface area contributed by atoms with Gasteiger partial charge in [0.1, 0.15) is 0 Å².